The zero-order valence-corrected chi connectivity index (χ0v) is 12.2. The van der Waals surface area contributed by atoms with Gasteiger partial charge in [-0.05, 0) is 50.6 Å². The Morgan fingerprint density at radius 1 is 1.37 bits per heavy atom. The predicted octanol–water partition coefficient (Wildman–Crippen LogP) is 1.96. The molecule has 1 saturated carbocycles. The summed E-state index contributed by atoms with van der Waals surface area (Å²) in [5.41, 5.74) is 2.45. The fourth-order valence-corrected chi connectivity index (χ4v) is 3.11. The van der Waals surface area contributed by atoms with Gasteiger partial charge in [0.05, 0.1) is 11.4 Å². The molecule has 1 aromatic rings. The van der Waals surface area contributed by atoms with Crippen LogP contribution in [0.1, 0.15) is 44.5 Å². The van der Waals surface area contributed by atoms with Crippen LogP contribution in [0.15, 0.2) is 6.07 Å². The highest BCUT2D eigenvalue weighted by molar-refractivity contribution is 5.10. The summed E-state index contributed by atoms with van der Waals surface area (Å²) in [6.07, 6.45) is 4.71. The molecule has 2 rings (SSSR count). The number of nitrogens with zero attached hydrogens (tertiary/aromatic N) is 2. The number of aryl methyl sites for hydroxylation is 2. The molecule has 0 saturated heterocycles. The summed E-state index contributed by atoms with van der Waals surface area (Å²) < 4.78 is 2.09. The SMILES string of the molecule is CCc1cc(CNCC2CCCC2CO)n(CC)n1. The van der Waals surface area contributed by atoms with Crippen molar-refractivity contribution in [3.8, 4) is 0 Å². The van der Waals surface area contributed by atoms with E-state index in [9.17, 15) is 5.11 Å². The Balaban J connectivity index is 1.83. The average molecular weight is 265 g/mol. The summed E-state index contributed by atoms with van der Waals surface area (Å²) in [5.74, 6) is 1.16. The Kier molecular flexibility index (Phi) is 5.40. The van der Waals surface area contributed by atoms with Gasteiger partial charge in [0, 0.05) is 19.7 Å². The third-order valence-corrected chi connectivity index (χ3v) is 4.34. The van der Waals surface area contributed by atoms with E-state index in [2.05, 4.69) is 35.0 Å². The summed E-state index contributed by atoms with van der Waals surface area (Å²) in [7, 11) is 0. The van der Waals surface area contributed by atoms with Crippen molar-refractivity contribution in [1.29, 1.82) is 0 Å². The van der Waals surface area contributed by atoms with E-state index in [1.165, 1.54) is 30.7 Å². The molecule has 0 aromatic carbocycles. The first-order chi connectivity index (χ1) is 9.28. The van der Waals surface area contributed by atoms with Crippen LogP contribution in [0.5, 0.6) is 0 Å². The first-order valence-electron chi connectivity index (χ1n) is 7.65. The average Bonchev–Trinajstić information content (AvgIpc) is 3.04. The lowest BCUT2D eigenvalue weighted by molar-refractivity contribution is 0.192. The molecule has 108 valence electrons. The highest BCUT2D eigenvalue weighted by atomic mass is 16.3. The van der Waals surface area contributed by atoms with E-state index in [0.717, 1.165) is 26.1 Å². The lowest BCUT2D eigenvalue weighted by Gasteiger charge is -2.17. The molecule has 1 fully saturated rings. The second-order valence-corrected chi connectivity index (χ2v) is 5.56. The lowest BCUT2D eigenvalue weighted by atomic mass is 9.97. The van der Waals surface area contributed by atoms with Crippen molar-refractivity contribution in [1.82, 2.24) is 15.1 Å². The van der Waals surface area contributed by atoms with Crippen LogP contribution in [-0.2, 0) is 19.5 Å². The minimum atomic E-state index is 0.346. The summed E-state index contributed by atoms with van der Waals surface area (Å²) in [4.78, 5) is 0. The first kappa shape index (κ1) is 14.5. The van der Waals surface area contributed by atoms with E-state index < -0.39 is 0 Å². The molecule has 0 radical (unpaired) electrons. The van der Waals surface area contributed by atoms with Crippen LogP contribution >= 0.6 is 0 Å². The van der Waals surface area contributed by atoms with E-state index in [1.807, 2.05) is 0 Å². The summed E-state index contributed by atoms with van der Waals surface area (Å²) in [6.45, 7) is 7.45. The first-order valence-corrected chi connectivity index (χ1v) is 7.65. The van der Waals surface area contributed by atoms with Crippen molar-refractivity contribution in [3.05, 3.63) is 17.5 Å². The molecule has 1 aliphatic carbocycles. The van der Waals surface area contributed by atoms with E-state index in [0.29, 0.717) is 18.4 Å². The van der Waals surface area contributed by atoms with E-state index in [4.69, 9.17) is 0 Å². The van der Waals surface area contributed by atoms with Crippen molar-refractivity contribution >= 4 is 0 Å². The number of aliphatic hydroxyl groups is 1. The summed E-state index contributed by atoms with van der Waals surface area (Å²) in [6, 6.07) is 2.20. The molecular weight excluding hydrogens is 238 g/mol. The van der Waals surface area contributed by atoms with Gasteiger partial charge in [0.1, 0.15) is 0 Å². The molecule has 4 nitrogen and oxygen atoms in total. The van der Waals surface area contributed by atoms with Gasteiger partial charge >= 0.3 is 0 Å². The zero-order chi connectivity index (χ0) is 13.7. The van der Waals surface area contributed by atoms with Gasteiger partial charge in [0.15, 0.2) is 0 Å². The Bertz CT molecular complexity index is 389. The van der Waals surface area contributed by atoms with Gasteiger partial charge in [-0.25, -0.2) is 0 Å². The Hall–Kier alpha value is -0.870. The largest absolute Gasteiger partial charge is 0.396 e. The lowest BCUT2D eigenvalue weighted by Crippen LogP contribution is -2.27. The van der Waals surface area contributed by atoms with Crippen molar-refractivity contribution in [2.75, 3.05) is 13.2 Å². The third-order valence-electron chi connectivity index (χ3n) is 4.34. The molecule has 0 spiro atoms. The normalized spacial score (nSPS) is 23.1. The highest BCUT2D eigenvalue weighted by Gasteiger charge is 2.25. The van der Waals surface area contributed by atoms with Crippen LogP contribution in [0.2, 0.25) is 0 Å². The number of aliphatic hydroxyl groups excluding tert-OH is 1. The van der Waals surface area contributed by atoms with Crippen molar-refractivity contribution in [3.63, 3.8) is 0 Å². The Morgan fingerprint density at radius 2 is 2.16 bits per heavy atom. The second kappa shape index (κ2) is 7.06. The number of hydrogen-bond acceptors (Lipinski definition) is 3. The quantitative estimate of drug-likeness (QED) is 0.792. The maximum absolute atomic E-state index is 9.33. The molecule has 19 heavy (non-hydrogen) atoms. The van der Waals surface area contributed by atoms with Crippen molar-refractivity contribution < 1.29 is 5.11 Å². The summed E-state index contributed by atoms with van der Waals surface area (Å²) >= 11 is 0. The Morgan fingerprint density at radius 3 is 2.84 bits per heavy atom. The van der Waals surface area contributed by atoms with E-state index in [-0.39, 0.29) is 0 Å². The van der Waals surface area contributed by atoms with Crippen molar-refractivity contribution in [2.24, 2.45) is 11.8 Å². The third kappa shape index (κ3) is 3.57. The molecular formula is C15H27N3O. The molecule has 2 unspecified atom stereocenters. The van der Waals surface area contributed by atoms with Gasteiger partial charge in [-0.15, -0.1) is 0 Å². The van der Waals surface area contributed by atoms with Gasteiger partial charge in [-0.1, -0.05) is 13.3 Å². The van der Waals surface area contributed by atoms with Crippen molar-refractivity contribution in [2.45, 2.75) is 52.6 Å². The molecule has 0 aliphatic heterocycles. The van der Waals surface area contributed by atoms with Gasteiger partial charge in [-0.3, -0.25) is 4.68 Å². The monoisotopic (exact) mass is 265 g/mol. The number of hydrogen-bond donors (Lipinski definition) is 2. The Labute approximate surface area is 116 Å². The molecule has 4 heteroatoms. The standard InChI is InChI=1S/C15H27N3O/c1-3-14-8-15(18(4-2)17-14)10-16-9-12-6-5-7-13(12)11-19/h8,12-13,16,19H,3-7,9-11H2,1-2H3. The number of rotatable bonds is 7. The van der Waals surface area contributed by atoms with Gasteiger partial charge in [0.25, 0.3) is 0 Å². The van der Waals surface area contributed by atoms with Crippen LogP contribution in [0, 0.1) is 11.8 Å². The minimum absolute atomic E-state index is 0.346. The summed E-state index contributed by atoms with van der Waals surface area (Å²) in [5, 5.41) is 17.4. The molecule has 2 atom stereocenters. The second-order valence-electron chi connectivity index (χ2n) is 5.56. The minimum Gasteiger partial charge on any atom is -0.396 e. The topological polar surface area (TPSA) is 50.1 Å². The molecule has 1 aliphatic rings. The van der Waals surface area contributed by atoms with Crippen LogP contribution in [-0.4, -0.2) is 28.0 Å². The van der Waals surface area contributed by atoms with Crippen LogP contribution in [0.3, 0.4) is 0 Å². The highest BCUT2D eigenvalue weighted by Crippen LogP contribution is 2.30. The number of nitrogens with one attached hydrogen (secondary N) is 1. The van der Waals surface area contributed by atoms with Crippen LogP contribution in [0.25, 0.3) is 0 Å². The van der Waals surface area contributed by atoms with Gasteiger partial charge in [0.2, 0.25) is 0 Å². The fraction of sp³-hybridized carbons (Fsp3) is 0.800. The molecule has 1 aromatic heterocycles. The van der Waals surface area contributed by atoms with E-state index >= 15 is 0 Å². The van der Waals surface area contributed by atoms with Gasteiger partial charge in [-0.2, -0.15) is 5.10 Å². The maximum Gasteiger partial charge on any atom is 0.0625 e. The van der Waals surface area contributed by atoms with Gasteiger partial charge < -0.3 is 10.4 Å². The molecule has 0 bridgehead atoms. The maximum atomic E-state index is 9.33. The van der Waals surface area contributed by atoms with Crippen LogP contribution in [0.4, 0.5) is 0 Å². The van der Waals surface area contributed by atoms with Crippen LogP contribution < -0.4 is 5.32 Å². The zero-order valence-electron chi connectivity index (χ0n) is 12.2. The fourth-order valence-electron chi connectivity index (χ4n) is 3.11. The number of aromatic nitrogens is 2. The molecule has 1 heterocycles. The smallest absolute Gasteiger partial charge is 0.0625 e. The molecule has 2 N–H and O–H groups in total. The molecule has 0 amide bonds. The predicted molar refractivity (Wildman–Crippen MR) is 76.9 cm³/mol. The van der Waals surface area contributed by atoms with E-state index in [1.54, 1.807) is 0 Å².